The summed E-state index contributed by atoms with van der Waals surface area (Å²) in [6, 6.07) is 10.3. The Morgan fingerprint density at radius 2 is 2.14 bits per heavy atom. The molecular formula is C22H22N4O2. The first-order chi connectivity index (χ1) is 13.5. The fourth-order valence-electron chi connectivity index (χ4n) is 3.42. The minimum absolute atomic E-state index is 0.00590. The van der Waals surface area contributed by atoms with Crippen LogP contribution in [0, 0.1) is 0 Å². The van der Waals surface area contributed by atoms with E-state index in [9.17, 15) is 9.59 Å². The van der Waals surface area contributed by atoms with Gasteiger partial charge in [0, 0.05) is 51.0 Å². The molecule has 0 bridgehead atoms. The van der Waals surface area contributed by atoms with Crippen LogP contribution in [-0.4, -0.2) is 33.3 Å². The van der Waals surface area contributed by atoms with Gasteiger partial charge in [-0.05, 0) is 52.8 Å². The van der Waals surface area contributed by atoms with E-state index < -0.39 is 0 Å². The van der Waals surface area contributed by atoms with Crippen LogP contribution >= 0.6 is 0 Å². The predicted octanol–water partition coefficient (Wildman–Crippen LogP) is 3.13. The summed E-state index contributed by atoms with van der Waals surface area (Å²) in [4.78, 5) is 29.9. The molecule has 0 unspecified atom stereocenters. The molecule has 6 heteroatoms. The zero-order valence-corrected chi connectivity index (χ0v) is 16.0. The van der Waals surface area contributed by atoms with E-state index in [-0.39, 0.29) is 11.8 Å². The van der Waals surface area contributed by atoms with Gasteiger partial charge in [-0.25, -0.2) is 4.98 Å². The number of aryl methyl sites for hydroxylation is 2. The van der Waals surface area contributed by atoms with E-state index in [1.54, 1.807) is 30.3 Å². The summed E-state index contributed by atoms with van der Waals surface area (Å²) in [6.07, 6.45) is 8.16. The van der Waals surface area contributed by atoms with Crippen LogP contribution in [0.15, 0.2) is 48.8 Å². The van der Waals surface area contributed by atoms with E-state index in [2.05, 4.69) is 39.1 Å². The Kier molecular flexibility index (Phi) is 4.69. The number of nitrogens with one attached hydrogen (secondary N) is 1. The van der Waals surface area contributed by atoms with Crippen LogP contribution in [0.1, 0.15) is 23.1 Å². The molecule has 0 spiro atoms. The highest BCUT2D eigenvalue weighted by Gasteiger charge is 2.15. The number of hydrogen-bond donors (Lipinski definition) is 1. The second-order valence-corrected chi connectivity index (χ2v) is 7.17. The van der Waals surface area contributed by atoms with E-state index >= 15 is 0 Å². The van der Waals surface area contributed by atoms with Gasteiger partial charge in [-0.1, -0.05) is 12.1 Å². The molecule has 0 atom stereocenters. The largest absolute Gasteiger partial charge is 0.351 e. The second kappa shape index (κ2) is 7.31. The number of hydrogen-bond acceptors (Lipinski definition) is 3. The average Bonchev–Trinajstić information content (AvgIpc) is 3.06. The van der Waals surface area contributed by atoms with E-state index in [1.165, 1.54) is 5.39 Å². The lowest BCUT2D eigenvalue weighted by molar-refractivity contribution is -0.125. The highest BCUT2D eigenvalue weighted by molar-refractivity contribution is 5.93. The van der Waals surface area contributed by atoms with Crippen LogP contribution in [0.25, 0.3) is 17.0 Å². The van der Waals surface area contributed by atoms with Crippen molar-refractivity contribution in [3.8, 4) is 0 Å². The summed E-state index contributed by atoms with van der Waals surface area (Å²) in [7, 11) is 3.81. The number of aromatic nitrogens is 2. The molecule has 2 aromatic heterocycles. The van der Waals surface area contributed by atoms with Crippen molar-refractivity contribution < 1.29 is 9.59 Å². The number of rotatable bonds is 4. The van der Waals surface area contributed by atoms with Gasteiger partial charge in [0.2, 0.25) is 11.8 Å². The van der Waals surface area contributed by atoms with E-state index in [4.69, 9.17) is 0 Å². The van der Waals surface area contributed by atoms with Crippen LogP contribution in [0.2, 0.25) is 0 Å². The summed E-state index contributed by atoms with van der Waals surface area (Å²) in [5.41, 5.74) is 4.09. The van der Waals surface area contributed by atoms with Crippen molar-refractivity contribution in [2.75, 3.05) is 12.4 Å². The molecule has 6 nitrogen and oxygen atoms in total. The Balaban J connectivity index is 1.43. The molecule has 0 saturated heterocycles. The van der Waals surface area contributed by atoms with E-state index in [0.29, 0.717) is 25.2 Å². The number of likely N-dealkylation sites (N-methyl/N-ethyl adjacent to an activating group) is 1. The Hall–Kier alpha value is -3.41. The molecule has 142 valence electrons. The Labute approximate surface area is 163 Å². The van der Waals surface area contributed by atoms with Gasteiger partial charge in [-0.2, -0.15) is 0 Å². The van der Waals surface area contributed by atoms with Gasteiger partial charge in [0.05, 0.1) is 0 Å². The number of carbonyl (C=O) groups excluding carboxylic acids is 2. The molecule has 0 saturated carbocycles. The maximum absolute atomic E-state index is 12.5. The van der Waals surface area contributed by atoms with Gasteiger partial charge >= 0.3 is 0 Å². The van der Waals surface area contributed by atoms with Gasteiger partial charge in [-0.3, -0.25) is 9.59 Å². The van der Waals surface area contributed by atoms with Gasteiger partial charge in [0.15, 0.2) is 0 Å². The van der Waals surface area contributed by atoms with Gasteiger partial charge in [-0.15, -0.1) is 0 Å². The third-order valence-electron chi connectivity index (χ3n) is 5.03. The average molecular weight is 374 g/mol. The highest BCUT2D eigenvalue weighted by Crippen LogP contribution is 2.21. The number of carbonyl (C=O) groups is 2. The van der Waals surface area contributed by atoms with Gasteiger partial charge in [0.1, 0.15) is 5.82 Å². The lowest BCUT2D eigenvalue weighted by Gasteiger charge is -2.16. The Morgan fingerprint density at radius 3 is 3.00 bits per heavy atom. The zero-order chi connectivity index (χ0) is 19.7. The molecule has 1 aromatic carbocycles. The van der Waals surface area contributed by atoms with Crippen LogP contribution in [0.5, 0.6) is 0 Å². The topological polar surface area (TPSA) is 67.2 Å². The SMILES string of the molecule is CN(Cc1ccc2ccn(C)c2c1)C(=O)/C=C/c1cnc2c(c1)CCC(=O)N2. The normalized spacial score (nSPS) is 13.6. The van der Waals surface area contributed by atoms with Crippen LogP contribution < -0.4 is 5.32 Å². The van der Waals surface area contributed by atoms with E-state index in [1.807, 2.05) is 19.3 Å². The molecule has 28 heavy (non-hydrogen) atoms. The van der Waals surface area contributed by atoms with Crippen LogP contribution in [0.4, 0.5) is 5.82 Å². The third kappa shape index (κ3) is 3.67. The fourth-order valence-corrected chi connectivity index (χ4v) is 3.42. The van der Waals surface area contributed by atoms with Crippen molar-refractivity contribution >= 4 is 34.6 Å². The molecule has 1 N–H and O–H groups in total. The van der Waals surface area contributed by atoms with Crippen LogP contribution in [-0.2, 0) is 29.6 Å². The Morgan fingerprint density at radius 1 is 1.29 bits per heavy atom. The summed E-state index contributed by atoms with van der Waals surface area (Å²) >= 11 is 0. The number of nitrogens with zero attached hydrogens (tertiary/aromatic N) is 3. The predicted molar refractivity (Wildman–Crippen MR) is 110 cm³/mol. The Bertz CT molecular complexity index is 1100. The number of pyridine rings is 1. The summed E-state index contributed by atoms with van der Waals surface area (Å²) in [6.45, 7) is 0.540. The monoisotopic (exact) mass is 374 g/mol. The maximum atomic E-state index is 12.5. The molecule has 4 rings (SSSR count). The summed E-state index contributed by atoms with van der Waals surface area (Å²) < 4.78 is 2.08. The van der Waals surface area contributed by atoms with Gasteiger partial charge in [0.25, 0.3) is 0 Å². The molecule has 3 aromatic rings. The smallest absolute Gasteiger partial charge is 0.246 e. The number of anilines is 1. The van der Waals surface area contributed by atoms with Crippen molar-refractivity contribution in [3.63, 3.8) is 0 Å². The number of benzene rings is 1. The quantitative estimate of drug-likeness (QED) is 0.714. The standard InChI is InChI=1S/C22H22N4O2/c1-25-10-9-17-5-3-16(12-19(17)25)14-26(2)21(28)8-4-15-11-18-6-7-20(27)24-22(18)23-13-15/h3-5,8-13H,6-7,14H2,1-2H3,(H,23,24,27)/b8-4+. The molecule has 3 heterocycles. The molecule has 1 aliphatic heterocycles. The van der Waals surface area contributed by atoms with Crippen molar-refractivity contribution in [1.29, 1.82) is 0 Å². The minimum Gasteiger partial charge on any atom is -0.351 e. The molecule has 1 aliphatic rings. The summed E-state index contributed by atoms with van der Waals surface area (Å²) in [5.74, 6) is 0.541. The van der Waals surface area contributed by atoms with Crippen molar-refractivity contribution in [1.82, 2.24) is 14.5 Å². The maximum Gasteiger partial charge on any atom is 0.246 e. The lowest BCUT2D eigenvalue weighted by Crippen LogP contribution is -2.24. The first-order valence-corrected chi connectivity index (χ1v) is 9.25. The zero-order valence-electron chi connectivity index (χ0n) is 16.0. The van der Waals surface area contributed by atoms with Gasteiger partial charge < -0.3 is 14.8 Å². The molecule has 0 aliphatic carbocycles. The van der Waals surface area contributed by atoms with E-state index in [0.717, 1.165) is 22.2 Å². The molecule has 2 amide bonds. The lowest BCUT2D eigenvalue weighted by atomic mass is 10.0. The van der Waals surface area contributed by atoms with Crippen molar-refractivity contribution in [2.24, 2.45) is 7.05 Å². The number of amides is 2. The van der Waals surface area contributed by atoms with Crippen molar-refractivity contribution in [2.45, 2.75) is 19.4 Å². The fraction of sp³-hybridized carbons (Fsp3) is 0.227. The van der Waals surface area contributed by atoms with Crippen molar-refractivity contribution in [3.05, 3.63) is 65.5 Å². The highest BCUT2D eigenvalue weighted by atomic mass is 16.2. The first kappa shape index (κ1) is 18.0. The third-order valence-corrected chi connectivity index (χ3v) is 5.03. The molecule has 0 fully saturated rings. The summed E-state index contributed by atoms with van der Waals surface area (Å²) in [5, 5.41) is 3.95. The minimum atomic E-state index is -0.0713. The first-order valence-electron chi connectivity index (χ1n) is 9.25. The molecular weight excluding hydrogens is 352 g/mol. The molecule has 0 radical (unpaired) electrons. The second-order valence-electron chi connectivity index (χ2n) is 7.17. The number of fused-ring (bicyclic) bond motifs is 2. The van der Waals surface area contributed by atoms with Crippen LogP contribution in [0.3, 0.4) is 0 Å².